The highest BCUT2D eigenvalue weighted by atomic mass is 35.5. The van der Waals surface area contributed by atoms with Crippen LogP contribution in [0.4, 0.5) is 5.82 Å². The van der Waals surface area contributed by atoms with Gasteiger partial charge in [0.15, 0.2) is 5.65 Å². The van der Waals surface area contributed by atoms with E-state index in [2.05, 4.69) is 22.5 Å². The Bertz CT molecular complexity index is 956. The van der Waals surface area contributed by atoms with Gasteiger partial charge in [-0.05, 0) is 32.6 Å². The molecule has 168 valence electrons. The fourth-order valence-electron chi connectivity index (χ4n) is 5.00. The van der Waals surface area contributed by atoms with Crippen LogP contribution in [-0.2, 0) is 4.79 Å². The Hall–Kier alpha value is -1.94. The number of rotatable bonds is 3. The predicted molar refractivity (Wildman–Crippen MR) is 120 cm³/mol. The van der Waals surface area contributed by atoms with Gasteiger partial charge in [0.1, 0.15) is 5.82 Å². The van der Waals surface area contributed by atoms with Gasteiger partial charge in [-0.15, -0.1) is 11.6 Å². The van der Waals surface area contributed by atoms with Gasteiger partial charge in [-0.25, -0.2) is 9.50 Å². The summed E-state index contributed by atoms with van der Waals surface area (Å²) < 4.78 is 1.85. The van der Waals surface area contributed by atoms with Crippen LogP contribution in [0.1, 0.15) is 43.0 Å². The first-order valence-corrected chi connectivity index (χ1v) is 11.7. The van der Waals surface area contributed by atoms with Crippen molar-refractivity contribution in [1.82, 2.24) is 30.1 Å². The number of anilines is 1. The van der Waals surface area contributed by atoms with Crippen LogP contribution in [0.2, 0.25) is 0 Å². The zero-order valence-corrected chi connectivity index (χ0v) is 18.7. The number of nitrogens with one attached hydrogen (secondary N) is 2. The SMILES string of the molecule is Cc1cn2nc([C@@H]3CCCCN3C(=O)C3CNC(Cl)CN3)cc2nc1N1CC[C@H](N)C1. The van der Waals surface area contributed by atoms with E-state index in [1.807, 2.05) is 21.7 Å². The van der Waals surface area contributed by atoms with Crippen molar-refractivity contribution in [1.29, 1.82) is 0 Å². The second-order valence-electron chi connectivity index (χ2n) is 8.99. The maximum Gasteiger partial charge on any atom is 0.241 e. The first-order chi connectivity index (χ1) is 15.0. The zero-order chi connectivity index (χ0) is 21.5. The highest BCUT2D eigenvalue weighted by Gasteiger charge is 2.35. The second kappa shape index (κ2) is 8.54. The summed E-state index contributed by atoms with van der Waals surface area (Å²) in [6, 6.07) is 1.97. The van der Waals surface area contributed by atoms with Crippen LogP contribution in [0.15, 0.2) is 12.3 Å². The molecular formula is C21H31ClN8O. The molecule has 2 aromatic rings. The molecule has 2 aromatic heterocycles. The smallest absolute Gasteiger partial charge is 0.241 e. The fraction of sp³-hybridized carbons (Fsp3) is 0.667. The van der Waals surface area contributed by atoms with E-state index in [9.17, 15) is 4.79 Å². The Morgan fingerprint density at radius 1 is 1.23 bits per heavy atom. The van der Waals surface area contributed by atoms with Crippen molar-refractivity contribution in [3.63, 3.8) is 0 Å². The first-order valence-electron chi connectivity index (χ1n) is 11.3. The average molecular weight is 447 g/mol. The number of hydrogen-bond donors (Lipinski definition) is 3. The summed E-state index contributed by atoms with van der Waals surface area (Å²) in [5.41, 5.74) is 8.78. The van der Waals surface area contributed by atoms with Crippen LogP contribution in [-0.4, -0.2) is 75.7 Å². The van der Waals surface area contributed by atoms with Crippen molar-refractivity contribution in [2.75, 3.05) is 37.6 Å². The lowest BCUT2D eigenvalue weighted by molar-refractivity contribution is -0.137. The largest absolute Gasteiger partial charge is 0.355 e. The Morgan fingerprint density at radius 3 is 2.84 bits per heavy atom. The number of nitrogens with zero attached hydrogens (tertiary/aromatic N) is 5. The standard InChI is InChI=1S/C21H31ClN8O/c1-13-11-30-19(26-20(13)28-7-5-14(23)12-28)8-15(27-30)17-4-2-3-6-29(17)21(31)16-9-25-18(22)10-24-16/h8,11,14,16-18,24-25H,2-7,9-10,12,23H2,1H3/t14-,16?,17-,18?/m0/s1. The van der Waals surface area contributed by atoms with Gasteiger partial charge in [0, 0.05) is 56.6 Å². The minimum atomic E-state index is -0.251. The Kier molecular flexibility index (Phi) is 5.76. The molecule has 0 spiro atoms. The number of hydrogen-bond acceptors (Lipinski definition) is 7. The Balaban J connectivity index is 1.41. The molecule has 5 rings (SSSR count). The summed E-state index contributed by atoms with van der Waals surface area (Å²) >= 11 is 6.09. The van der Waals surface area contributed by atoms with Crippen molar-refractivity contribution in [3.8, 4) is 0 Å². The van der Waals surface area contributed by atoms with E-state index in [1.54, 1.807) is 0 Å². The van der Waals surface area contributed by atoms with E-state index in [1.165, 1.54) is 0 Å². The van der Waals surface area contributed by atoms with Crippen LogP contribution in [0.5, 0.6) is 0 Å². The molecule has 3 aliphatic rings. The topological polar surface area (TPSA) is 104 Å². The van der Waals surface area contributed by atoms with Crippen molar-refractivity contribution >= 4 is 29.0 Å². The molecule has 4 atom stereocenters. The molecular weight excluding hydrogens is 416 g/mol. The lowest BCUT2D eigenvalue weighted by Crippen LogP contribution is -2.59. The summed E-state index contributed by atoms with van der Waals surface area (Å²) in [5.74, 6) is 1.10. The summed E-state index contributed by atoms with van der Waals surface area (Å²) in [6.07, 6.45) is 6.05. The van der Waals surface area contributed by atoms with Crippen LogP contribution in [0, 0.1) is 6.92 Å². The number of amides is 1. The van der Waals surface area contributed by atoms with Gasteiger partial charge in [-0.2, -0.15) is 5.10 Å². The van der Waals surface area contributed by atoms with Gasteiger partial charge in [0.25, 0.3) is 0 Å². The number of carbonyl (C=O) groups excluding carboxylic acids is 1. The molecule has 4 N–H and O–H groups in total. The molecule has 3 aliphatic heterocycles. The van der Waals surface area contributed by atoms with Crippen molar-refractivity contribution in [2.24, 2.45) is 5.73 Å². The maximum atomic E-state index is 13.3. The summed E-state index contributed by atoms with van der Waals surface area (Å²) in [4.78, 5) is 22.4. The molecule has 10 heteroatoms. The highest BCUT2D eigenvalue weighted by molar-refractivity contribution is 6.20. The lowest BCUT2D eigenvalue weighted by Gasteiger charge is -2.38. The molecule has 0 saturated carbocycles. The molecule has 2 unspecified atom stereocenters. The van der Waals surface area contributed by atoms with E-state index >= 15 is 0 Å². The van der Waals surface area contributed by atoms with Gasteiger partial charge < -0.3 is 20.9 Å². The van der Waals surface area contributed by atoms with Crippen molar-refractivity contribution < 1.29 is 4.79 Å². The highest BCUT2D eigenvalue weighted by Crippen LogP contribution is 2.32. The molecule has 0 aromatic carbocycles. The number of carbonyl (C=O) groups is 1. The zero-order valence-electron chi connectivity index (χ0n) is 17.9. The third kappa shape index (κ3) is 4.11. The van der Waals surface area contributed by atoms with Crippen molar-refractivity contribution in [2.45, 2.75) is 56.2 Å². The minimum absolute atomic E-state index is 0.0255. The molecule has 0 bridgehead atoms. The number of alkyl halides is 1. The quantitative estimate of drug-likeness (QED) is 0.472. The molecule has 3 fully saturated rings. The third-order valence-electron chi connectivity index (χ3n) is 6.66. The van der Waals surface area contributed by atoms with Crippen LogP contribution in [0.25, 0.3) is 5.65 Å². The van der Waals surface area contributed by atoms with E-state index in [-0.39, 0.29) is 29.5 Å². The predicted octanol–water partition coefficient (Wildman–Crippen LogP) is 0.755. The van der Waals surface area contributed by atoms with E-state index in [0.29, 0.717) is 13.1 Å². The van der Waals surface area contributed by atoms with E-state index in [4.69, 9.17) is 27.4 Å². The number of aromatic nitrogens is 3. The average Bonchev–Trinajstić information content (AvgIpc) is 3.39. The monoisotopic (exact) mass is 446 g/mol. The number of aryl methyl sites for hydroxylation is 1. The van der Waals surface area contributed by atoms with Gasteiger partial charge in [-0.1, -0.05) is 0 Å². The molecule has 9 nitrogen and oxygen atoms in total. The van der Waals surface area contributed by atoms with Crippen LogP contribution < -0.4 is 21.3 Å². The molecule has 0 radical (unpaired) electrons. The van der Waals surface area contributed by atoms with Crippen LogP contribution in [0.3, 0.4) is 0 Å². The van der Waals surface area contributed by atoms with E-state index < -0.39 is 0 Å². The maximum absolute atomic E-state index is 13.3. The van der Waals surface area contributed by atoms with Gasteiger partial charge in [0.2, 0.25) is 5.91 Å². The molecule has 1 amide bonds. The van der Waals surface area contributed by atoms with Gasteiger partial charge in [-0.3, -0.25) is 10.1 Å². The minimum Gasteiger partial charge on any atom is -0.355 e. The van der Waals surface area contributed by atoms with Gasteiger partial charge in [0.05, 0.1) is 23.3 Å². The van der Waals surface area contributed by atoms with Crippen LogP contribution >= 0.6 is 11.6 Å². The number of piperazine rings is 1. The van der Waals surface area contributed by atoms with Gasteiger partial charge >= 0.3 is 0 Å². The normalized spacial score (nSPS) is 29.6. The first kappa shape index (κ1) is 20.9. The summed E-state index contributed by atoms with van der Waals surface area (Å²) in [6.45, 7) is 5.71. The number of halogens is 1. The summed E-state index contributed by atoms with van der Waals surface area (Å²) in [7, 11) is 0. The number of nitrogens with two attached hydrogens (primary N) is 1. The summed E-state index contributed by atoms with van der Waals surface area (Å²) in [5, 5.41) is 11.3. The number of piperidine rings is 1. The lowest BCUT2D eigenvalue weighted by atomic mass is 9.98. The molecule has 5 heterocycles. The van der Waals surface area contributed by atoms with Crippen molar-refractivity contribution in [3.05, 3.63) is 23.5 Å². The molecule has 31 heavy (non-hydrogen) atoms. The third-order valence-corrected chi connectivity index (χ3v) is 6.97. The Labute approximate surface area is 187 Å². The molecule has 3 saturated heterocycles. The second-order valence-corrected chi connectivity index (χ2v) is 9.52. The van der Waals surface area contributed by atoms with E-state index in [0.717, 1.165) is 68.0 Å². The fourth-order valence-corrected chi connectivity index (χ4v) is 5.17. The Morgan fingerprint density at radius 2 is 2.10 bits per heavy atom. The molecule has 0 aliphatic carbocycles. The number of likely N-dealkylation sites (tertiary alicyclic amines) is 1. The number of fused-ring (bicyclic) bond motifs is 1.